The molecule has 3 aromatic carbocycles. The molecule has 0 saturated heterocycles. The van der Waals surface area contributed by atoms with Crippen LogP contribution in [-0.2, 0) is 14.3 Å². The molecule has 0 unspecified atom stereocenters. The molecule has 0 atom stereocenters. The summed E-state index contributed by atoms with van der Waals surface area (Å²) < 4.78 is 4.83. The van der Waals surface area contributed by atoms with E-state index in [2.05, 4.69) is 33.1 Å². The maximum Gasteiger partial charge on any atom is 0.337 e. The molecule has 0 aromatic heterocycles. The molecule has 0 aliphatic heterocycles. The van der Waals surface area contributed by atoms with Gasteiger partial charge in [-0.1, -0.05) is 43.3 Å². The lowest BCUT2D eigenvalue weighted by molar-refractivity contribution is -0.115. The Bertz CT molecular complexity index is 1320. The predicted octanol–water partition coefficient (Wildman–Crippen LogP) is 4.52. The number of esters is 1. The van der Waals surface area contributed by atoms with E-state index in [1.807, 2.05) is 68.6 Å². The predicted molar refractivity (Wildman–Crippen MR) is 161 cm³/mol. The molecule has 0 heterocycles. The SMILES string of the molecule is CCN(C)CCNCC(=O)Nc1ccc(N/C(=C(\C)c2ccc(C(=O)OC)cc2NC=O)c2ccccc2)cc1. The van der Waals surface area contributed by atoms with Crippen LogP contribution in [0.3, 0.4) is 0 Å². The second-order valence-corrected chi connectivity index (χ2v) is 9.20. The zero-order chi connectivity index (χ0) is 28.9. The topological polar surface area (TPSA) is 112 Å². The lowest BCUT2D eigenvalue weighted by atomic mass is 9.97. The number of hydrogen-bond acceptors (Lipinski definition) is 7. The number of likely N-dealkylation sites (N-methyl/N-ethyl adjacent to an activating group) is 1. The van der Waals surface area contributed by atoms with E-state index in [-0.39, 0.29) is 12.5 Å². The van der Waals surface area contributed by atoms with Gasteiger partial charge in [-0.25, -0.2) is 4.79 Å². The van der Waals surface area contributed by atoms with Gasteiger partial charge in [0.05, 0.1) is 19.2 Å². The molecular formula is C31H37N5O4. The van der Waals surface area contributed by atoms with E-state index in [1.54, 1.807) is 18.2 Å². The highest BCUT2D eigenvalue weighted by molar-refractivity contribution is 6.00. The van der Waals surface area contributed by atoms with Crippen molar-refractivity contribution in [2.24, 2.45) is 0 Å². The average Bonchev–Trinajstić information content (AvgIpc) is 2.98. The summed E-state index contributed by atoms with van der Waals surface area (Å²) in [7, 11) is 3.35. The van der Waals surface area contributed by atoms with Crippen LogP contribution in [0.15, 0.2) is 72.8 Å². The van der Waals surface area contributed by atoms with Crippen LogP contribution in [0, 0.1) is 0 Å². The molecule has 9 heteroatoms. The zero-order valence-corrected chi connectivity index (χ0v) is 23.4. The van der Waals surface area contributed by atoms with Crippen molar-refractivity contribution in [3.8, 4) is 0 Å². The monoisotopic (exact) mass is 543 g/mol. The van der Waals surface area contributed by atoms with Crippen LogP contribution in [0.5, 0.6) is 0 Å². The molecule has 3 rings (SSSR count). The van der Waals surface area contributed by atoms with Gasteiger partial charge in [0.15, 0.2) is 0 Å². The summed E-state index contributed by atoms with van der Waals surface area (Å²) in [6.45, 7) is 6.86. The summed E-state index contributed by atoms with van der Waals surface area (Å²) in [6.07, 6.45) is 0.578. The second kappa shape index (κ2) is 15.2. The van der Waals surface area contributed by atoms with Gasteiger partial charge in [0, 0.05) is 41.4 Å². The molecule has 0 fully saturated rings. The van der Waals surface area contributed by atoms with Gasteiger partial charge in [0.1, 0.15) is 0 Å². The largest absolute Gasteiger partial charge is 0.465 e. The Kier molecular flexibility index (Phi) is 11.4. The molecule has 3 aromatic rings. The molecule has 0 spiro atoms. The normalized spacial score (nSPS) is 11.4. The highest BCUT2D eigenvalue weighted by Crippen LogP contribution is 2.32. The molecule has 40 heavy (non-hydrogen) atoms. The standard InChI is InChI=1S/C31H37N5O4/c1-5-36(3)18-17-32-20-29(38)34-25-12-14-26(15-13-25)35-30(23-9-7-6-8-10-23)22(2)27-16-11-24(31(39)40-4)19-28(27)33-21-37/h6-16,19,21,32,35H,5,17-18,20H2,1-4H3,(H,33,37)(H,34,38)/b30-22+. The van der Waals surface area contributed by atoms with E-state index in [9.17, 15) is 14.4 Å². The number of carbonyl (C=O) groups is 3. The van der Waals surface area contributed by atoms with Crippen LogP contribution in [0.4, 0.5) is 17.1 Å². The fraction of sp³-hybridized carbons (Fsp3) is 0.258. The lowest BCUT2D eigenvalue weighted by Crippen LogP contribution is -2.34. The Morgan fingerprint density at radius 1 is 0.925 bits per heavy atom. The van der Waals surface area contributed by atoms with E-state index in [1.165, 1.54) is 7.11 Å². The maximum absolute atomic E-state index is 12.3. The van der Waals surface area contributed by atoms with Crippen LogP contribution >= 0.6 is 0 Å². The van der Waals surface area contributed by atoms with Crippen molar-refractivity contribution in [3.63, 3.8) is 0 Å². The van der Waals surface area contributed by atoms with Gasteiger partial charge < -0.3 is 30.9 Å². The van der Waals surface area contributed by atoms with E-state index in [0.717, 1.165) is 47.7 Å². The molecule has 0 saturated carbocycles. The van der Waals surface area contributed by atoms with Crippen LogP contribution in [0.1, 0.15) is 35.3 Å². The van der Waals surface area contributed by atoms with E-state index < -0.39 is 5.97 Å². The Morgan fingerprint density at radius 3 is 2.23 bits per heavy atom. The number of methoxy groups -OCH3 is 1. The second-order valence-electron chi connectivity index (χ2n) is 9.20. The number of hydrogen-bond donors (Lipinski definition) is 4. The molecule has 0 aliphatic rings. The quantitative estimate of drug-likeness (QED) is 0.102. The fourth-order valence-corrected chi connectivity index (χ4v) is 4.04. The highest BCUT2D eigenvalue weighted by Gasteiger charge is 2.15. The van der Waals surface area contributed by atoms with Gasteiger partial charge >= 0.3 is 5.97 Å². The van der Waals surface area contributed by atoms with Crippen molar-refractivity contribution in [3.05, 3.63) is 89.5 Å². The van der Waals surface area contributed by atoms with Gasteiger partial charge in [-0.15, -0.1) is 0 Å². The number of ether oxygens (including phenoxy) is 1. The van der Waals surface area contributed by atoms with Gasteiger partial charge in [0.25, 0.3) is 0 Å². The molecule has 9 nitrogen and oxygen atoms in total. The number of benzene rings is 3. The molecule has 0 aliphatic carbocycles. The smallest absolute Gasteiger partial charge is 0.337 e. The van der Waals surface area contributed by atoms with E-state index in [4.69, 9.17) is 4.74 Å². The molecule has 210 valence electrons. The van der Waals surface area contributed by atoms with Gasteiger partial charge in [0.2, 0.25) is 12.3 Å². The number of rotatable bonds is 14. The Hall–Kier alpha value is -4.47. The first-order valence-corrected chi connectivity index (χ1v) is 13.1. The van der Waals surface area contributed by atoms with Gasteiger partial charge in [-0.2, -0.15) is 0 Å². The lowest BCUT2D eigenvalue weighted by Gasteiger charge is -2.18. The third-order valence-electron chi connectivity index (χ3n) is 6.43. The van der Waals surface area contributed by atoms with Crippen molar-refractivity contribution in [1.82, 2.24) is 10.2 Å². The van der Waals surface area contributed by atoms with Gasteiger partial charge in [-0.05, 0) is 68.1 Å². The van der Waals surface area contributed by atoms with Crippen LogP contribution in [-0.4, -0.2) is 63.5 Å². The fourth-order valence-electron chi connectivity index (χ4n) is 4.04. The Morgan fingerprint density at radius 2 is 1.60 bits per heavy atom. The van der Waals surface area contributed by atoms with Crippen LogP contribution < -0.4 is 21.3 Å². The maximum atomic E-state index is 12.3. The van der Waals surface area contributed by atoms with Crippen molar-refractivity contribution in [2.75, 3.05) is 56.3 Å². The number of anilines is 3. The first kappa shape index (κ1) is 30.1. The number of amides is 2. The van der Waals surface area contributed by atoms with Gasteiger partial charge in [-0.3, -0.25) is 9.59 Å². The molecular weight excluding hydrogens is 506 g/mol. The highest BCUT2D eigenvalue weighted by atomic mass is 16.5. The minimum Gasteiger partial charge on any atom is -0.465 e. The summed E-state index contributed by atoms with van der Waals surface area (Å²) in [6, 6.07) is 22.3. The first-order valence-electron chi connectivity index (χ1n) is 13.1. The molecule has 2 amide bonds. The number of nitrogens with zero attached hydrogens (tertiary/aromatic N) is 1. The summed E-state index contributed by atoms with van der Waals surface area (Å²) in [5.74, 6) is -0.596. The molecule has 0 radical (unpaired) electrons. The van der Waals surface area contributed by atoms with Crippen molar-refractivity contribution in [2.45, 2.75) is 13.8 Å². The number of carbonyl (C=O) groups excluding carboxylic acids is 3. The zero-order valence-electron chi connectivity index (χ0n) is 23.4. The minimum atomic E-state index is -0.490. The molecule has 0 bridgehead atoms. The number of nitrogens with one attached hydrogen (secondary N) is 4. The summed E-state index contributed by atoms with van der Waals surface area (Å²) in [4.78, 5) is 37.9. The summed E-state index contributed by atoms with van der Waals surface area (Å²) >= 11 is 0. The molecule has 4 N–H and O–H groups in total. The Labute approximate surface area is 235 Å². The van der Waals surface area contributed by atoms with Crippen LogP contribution in [0.2, 0.25) is 0 Å². The summed E-state index contributed by atoms with van der Waals surface area (Å²) in [5.41, 5.74) is 5.67. The van der Waals surface area contributed by atoms with Crippen molar-refractivity contribution < 1.29 is 19.1 Å². The Balaban J connectivity index is 1.82. The third-order valence-corrected chi connectivity index (χ3v) is 6.43. The summed E-state index contributed by atoms with van der Waals surface area (Å²) in [5, 5.41) is 12.3. The minimum absolute atomic E-state index is 0.105. The van der Waals surface area contributed by atoms with Crippen molar-refractivity contribution in [1.29, 1.82) is 0 Å². The van der Waals surface area contributed by atoms with E-state index in [0.29, 0.717) is 23.3 Å². The van der Waals surface area contributed by atoms with Crippen molar-refractivity contribution >= 4 is 46.6 Å². The third kappa shape index (κ3) is 8.52. The van der Waals surface area contributed by atoms with Crippen LogP contribution in [0.25, 0.3) is 11.3 Å². The first-order chi connectivity index (χ1) is 19.4. The number of allylic oxidation sites excluding steroid dienone is 1. The average molecular weight is 544 g/mol. The van der Waals surface area contributed by atoms with E-state index >= 15 is 0 Å².